The van der Waals surface area contributed by atoms with Crippen LogP contribution in [0.3, 0.4) is 0 Å². The average molecular weight is 239 g/mol. The minimum atomic E-state index is -0.449. The quantitative estimate of drug-likeness (QED) is 0.778. The van der Waals surface area contributed by atoms with E-state index < -0.39 is 6.10 Å². The number of benzene rings is 1. The van der Waals surface area contributed by atoms with Crippen molar-refractivity contribution in [2.24, 2.45) is 5.73 Å². The first-order valence-corrected chi connectivity index (χ1v) is 5.67. The molecular formula is C13H21NO3. The lowest BCUT2D eigenvalue weighted by atomic mass is 10.1. The first kappa shape index (κ1) is 14.0. The molecule has 96 valence electrons. The van der Waals surface area contributed by atoms with E-state index in [2.05, 4.69) is 0 Å². The highest BCUT2D eigenvalue weighted by atomic mass is 16.5. The van der Waals surface area contributed by atoms with Gasteiger partial charge in [0.25, 0.3) is 0 Å². The van der Waals surface area contributed by atoms with Crippen molar-refractivity contribution in [2.75, 3.05) is 20.3 Å². The Morgan fingerprint density at radius 2 is 2.06 bits per heavy atom. The number of aryl methyl sites for hydroxylation is 2. The highest BCUT2D eigenvalue weighted by Crippen LogP contribution is 2.21. The molecule has 1 aromatic carbocycles. The number of hydrogen-bond donors (Lipinski definition) is 2. The molecule has 0 aliphatic heterocycles. The molecule has 0 aliphatic rings. The second kappa shape index (κ2) is 6.59. The normalized spacial score (nSPS) is 14.4. The van der Waals surface area contributed by atoms with E-state index in [1.54, 1.807) is 7.11 Å². The monoisotopic (exact) mass is 239 g/mol. The summed E-state index contributed by atoms with van der Waals surface area (Å²) in [4.78, 5) is 0. The van der Waals surface area contributed by atoms with E-state index in [0.717, 1.165) is 16.9 Å². The average Bonchev–Trinajstić information content (AvgIpc) is 2.30. The third kappa shape index (κ3) is 4.00. The molecule has 0 aliphatic carbocycles. The molecule has 4 nitrogen and oxygen atoms in total. The molecule has 0 fully saturated rings. The third-order valence-corrected chi connectivity index (χ3v) is 2.64. The lowest BCUT2D eigenvalue weighted by Gasteiger charge is -2.23. The summed E-state index contributed by atoms with van der Waals surface area (Å²) >= 11 is 0. The van der Waals surface area contributed by atoms with E-state index in [0.29, 0.717) is 6.61 Å². The molecule has 0 heterocycles. The molecule has 2 atom stereocenters. The fourth-order valence-corrected chi connectivity index (χ4v) is 1.56. The van der Waals surface area contributed by atoms with Gasteiger partial charge in [0, 0.05) is 7.11 Å². The molecule has 0 spiro atoms. The van der Waals surface area contributed by atoms with Crippen molar-refractivity contribution in [2.45, 2.75) is 26.0 Å². The molecule has 0 saturated carbocycles. The highest BCUT2D eigenvalue weighted by molar-refractivity contribution is 5.36. The van der Waals surface area contributed by atoms with Crippen LogP contribution in [0.2, 0.25) is 0 Å². The van der Waals surface area contributed by atoms with Crippen LogP contribution in [0.15, 0.2) is 18.2 Å². The summed E-state index contributed by atoms with van der Waals surface area (Å²) in [6, 6.07) is 5.61. The second-order valence-corrected chi connectivity index (χ2v) is 4.23. The molecule has 1 aromatic rings. The minimum Gasteiger partial charge on any atom is -0.486 e. The summed E-state index contributed by atoms with van der Waals surface area (Å²) in [7, 11) is 1.58. The Bertz CT molecular complexity index is 355. The maximum Gasteiger partial charge on any atom is 0.139 e. The second-order valence-electron chi connectivity index (χ2n) is 4.23. The van der Waals surface area contributed by atoms with Gasteiger partial charge in [0.2, 0.25) is 0 Å². The predicted molar refractivity (Wildman–Crippen MR) is 67.3 cm³/mol. The van der Waals surface area contributed by atoms with Crippen LogP contribution < -0.4 is 10.5 Å². The Hall–Kier alpha value is -1.10. The molecule has 0 aromatic heterocycles. The molecule has 2 unspecified atom stereocenters. The zero-order valence-corrected chi connectivity index (χ0v) is 10.6. The van der Waals surface area contributed by atoms with Gasteiger partial charge in [0.15, 0.2) is 0 Å². The van der Waals surface area contributed by atoms with E-state index in [9.17, 15) is 5.11 Å². The van der Waals surface area contributed by atoms with E-state index in [4.69, 9.17) is 15.2 Å². The Morgan fingerprint density at radius 1 is 1.35 bits per heavy atom. The summed E-state index contributed by atoms with van der Waals surface area (Å²) < 4.78 is 10.7. The van der Waals surface area contributed by atoms with Crippen LogP contribution in [0.5, 0.6) is 5.75 Å². The topological polar surface area (TPSA) is 64.7 Å². The van der Waals surface area contributed by atoms with Crippen LogP contribution >= 0.6 is 0 Å². The van der Waals surface area contributed by atoms with Crippen LogP contribution in [0.1, 0.15) is 11.1 Å². The molecule has 0 saturated heterocycles. The van der Waals surface area contributed by atoms with Crippen LogP contribution in [-0.2, 0) is 4.74 Å². The Kier molecular flexibility index (Phi) is 5.41. The largest absolute Gasteiger partial charge is 0.486 e. The summed E-state index contributed by atoms with van der Waals surface area (Å²) in [5.41, 5.74) is 8.01. The van der Waals surface area contributed by atoms with Gasteiger partial charge in [0.1, 0.15) is 11.9 Å². The van der Waals surface area contributed by atoms with Gasteiger partial charge in [-0.05, 0) is 31.0 Å². The summed E-state index contributed by atoms with van der Waals surface area (Å²) in [6.07, 6.45) is -0.449. The van der Waals surface area contributed by atoms with Crippen molar-refractivity contribution in [3.8, 4) is 5.75 Å². The Balaban J connectivity index is 2.76. The number of ether oxygens (including phenoxy) is 2. The van der Waals surface area contributed by atoms with E-state index >= 15 is 0 Å². The molecule has 0 amide bonds. The highest BCUT2D eigenvalue weighted by Gasteiger charge is 2.19. The van der Waals surface area contributed by atoms with Crippen molar-refractivity contribution in [3.63, 3.8) is 0 Å². The maximum atomic E-state index is 9.28. The predicted octanol–water partition coefficient (Wildman–Crippen LogP) is 1.02. The van der Waals surface area contributed by atoms with Crippen LogP contribution in [0.4, 0.5) is 0 Å². The molecule has 3 N–H and O–H groups in total. The third-order valence-electron chi connectivity index (χ3n) is 2.64. The smallest absolute Gasteiger partial charge is 0.139 e. The number of hydrogen-bond acceptors (Lipinski definition) is 4. The molecule has 4 heteroatoms. The van der Waals surface area contributed by atoms with Gasteiger partial charge in [-0.2, -0.15) is 0 Å². The number of aliphatic hydroxyl groups excluding tert-OH is 1. The Morgan fingerprint density at radius 3 is 2.65 bits per heavy atom. The summed E-state index contributed by atoms with van der Waals surface area (Å²) in [5, 5.41) is 9.28. The molecule has 0 radical (unpaired) electrons. The standard InChI is InChI=1S/C13H21NO3/c1-9-4-5-10(2)12(6-9)17-13(7-15)11(14)8-16-3/h4-6,11,13,15H,7-8,14H2,1-3H3. The lowest BCUT2D eigenvalue weighted by molar-refractivity contribution is 0.0600. The zero-order valence-electron chi connectivity index (χ0n) is 10.6. The van der Waals surface area contributed by atoms with Crippen molar-refractivity contribution in [1.82, 2.24) is 0 Å². The van der Waals surface area contributed by atoms with Gasteiger partial charge in [-0.3, -0.25) is 0 Å². The van der Waals surface area contributed by atoms with Crippen molar-refractivity contribution >= 4 is 0 Å². The zero-order chi connectivity index (χ0) is 12.8. The number of nitrogens with two attached hydrogens (primary N) is 1. The molecule has 17 heavy (non-hydrogen) atoms. The number of methoxy groups -OCH3 is 1. The summed E-state index contributed by atoms with van der Waals surface area (Å²) in [5.74, 6) is 0.760. The first-order chi connectivity index (χ1) is 8.08. The summed E-state index contributed by atoms with van der Waals surface area (Å²) in [6.45, 7) is 4.19. The van der Waals surface area contributed by atoms with Crippen LogP contribution in [-0.4, -0.2) is 37.6 Å². The van der Waals surface area contributed by atoms with Gasteiger partial charge in [-0.1, -0.05) is 12.1 Å². The van der Waals surface area contributed by atoms with Gasteiger partial charge in [0.05, 0.1) is 19.3 Å². The fraction of sp³-hybridized carbons (Fsp3) is 0.538. The van der Waals surface area contributed by atoms with Crippen LogP contribution in [0.25, 0.3) is 0 Å². The molecular weight excluding hydrogens is 218 g/mol. The van der Waals surface area contributed by atoms with E-state index in [1.807, 2.05) is 32.0 Å². The number of rotatable bonds is 6. The van der Waals surface area contributed by atoms with Gasteiger partial charge >= 0.3 is 0 Å². The van der Waals surface area contributed by atoms with E-state index in [1.165, 1.54) is 0 Å². The lowest BCUT2D eigenvalue weighted by Crippen LogP contribution is -2.44. The van der Waals surface area contributed by atoms with Gasteiger partial charge < -0.3 is 20.3 Å². The van der Waals surface area contributed by atoms with E-state index in [-0.39, 0.29) is 12.6 Å². The number of aliphatic hydroxyl groups is 1. The van der Waals surface area contributed by atoms with Crippen molar-refractivity contribution in [3.05, 3.63) is 29.3 Å². The van der Waals surface area contributed by atoms with Gasteiger partial charge in [-0.25, -0.2) is 0 Å². The van der Waals surface area contributed by atoms with Crippen molar-refractivity contribution < 1.29 is 14.6 Å². The fourth-order valence-electron chi connectivity index (χ4n) is 1.56. The van der Waals surface area contributed by atoms with Crippen molar-refractivity contribution in [1.29, 1.82) is 0 Å². The first-order valence-electron chi connectivity index (χ1n) is 5.67. The van der Waals surface area contributed by atoms with Gasteiger partial charge in [-0.15, -0.1) is 0 Å². The molecule has 1 rings (SSSR count). The van der Waals surface area contributed by atoms with Crippen LogP contribution in [0, 0.1) is 13.8 Å². The minimum absolute atomic E-state index is 0.127. The maximum absolute atomic E-state index is 9.28. The molecule has 0 bridgehead atoms. The Labute approximate surface area is 102 Å². The SMILES string of the molecule is COCC(N)C(CO)Oc1cc(C)ccc1C.